The Morgan fingerprint density at radius 3 is 2.66 bits per heavy atom. The third kappa shape index (κ3) is 7.83. The number of nitrogens with one attached hydrogen (secondary N) is 1. The fraction of sp³-hybridized carbons (Fsp3) is 0.280. The fourth-order valence-electron chi connectivity index (χ4n) is 2.96. The Bertz CT molecular complexity index is 972. The standard InChI is InChI=1S/C25H29N3O4/c1-2-30-24-20-21(11-13-25(29)26-14-6-16-28-17-7-15-27-28)10-12-23(24)32-19-18-31-22-8-4-3-5-9-22/h3-5,7-13,15,17,20H,2,6,14,16,18-19H2,1H3,(H,26,29). The largest absolute Gasteiger partial charge is 0.490 e. The van der Waals surface area contributed by atoms with Crippen LogP contribution in [0.1, 0.15) is 18.9 Å². The molecule has 0 saturated carbocycles. The van der Waals surface area contributed by atoms with Gasteiger partial charge in [0, 0.05) is 31.6 Å². The van der Waals surface area contributed by atoms with Gasteiger partial charge in [0.2, 0.25) is 5.91 Å². The molecule has 0 radical (unpaired) electrons. The van der Waals surface area contributed by atoms with Gasteiger partial charge >= 0.3 is 0 Å². The van der Waals surface area contributed by atoms with E-state index in [2.05, 4.69) is 10.4 Å². The van der Waals surface area contributed by atoms with E-state index >= 15 is 0 Å². The van der Waals surface area contributed by atoms with Gasteiger partial charge < -0.3 is 19.5 Å². The van der Waals surface area contributed by atoms with Crippen LogP contribution >= 0.6 is 0 Å². The number of aryl methyl sites for hydroxylation is 1. The average Bonchev–Trinajstić information content (AvgIpc) is 3.34. The van der Waals surface area contributed by atoms with Gasteiger partial charge in [0.05, 0.1) is 6.61 Å². The van der Waals surface area contributed by atoms with Crippen LogP contribution in [-0.4, -0.2) is 42.1 Å². The summed E-state index contributed by atoms with van der Waals surface area (Å²) >= 11 is 0. The number of carbonyl (C=O) groups is 1. The molecule has 1 aromatic heterocycles. The van der Waals surface area contributed by atoms with Crippen molar-refractivity contribution in [2.45, 2.75) is 19.9 Å². The Kier molecular flexibility index (Phi) is 9.20. The van der Waals surface area contributed by atoms with Crippen LogP contribution in [-0.2, 0) is 11.3 Å². The van der Waals surface area contributed by atoms with Crippen molar-refractivity contribution in [1.82, 2.24) is 15.1 Å². The van der Waals surface area contributed by atoms with Crippen LogP contribution in [0.15, 0.2) is 73.1 Å². The molecule has 0 aliphatic rings. The Balaban J connectivity index is 1.45. The number of aromatic nitrogens is 2. The number of carbonyl (C=O) groups excluding carboxylic acids is 1. The first-order chi connectivity index (χ1) is 15.7. The Hall–Kier alpha value is -3.74. The van der Waals surface area contributed by atoms with E-state index in [4.69, 9.17) is 14.2 Å². The van der Waals surface area contributed by atoms with Gasteiger partial charge in [-0.15, -0.1) is 0 Å². The van der Waals surface area contributed by atoms with E-state index in [-0.39, 0.29) is 5.91 Å². The molecule has 32 heavy (non-hydrogen) atoms. The molecular formula is C25H29N3O4. The maximum Gasteiger partial charge on any atom is 0.244 e. The molecule has 0 aliphatic heterocycles. The third-order valence-corrected chi connectivity index (χ3v) is 4.47. The highest BCUT2D eigenvalue weighted by Crippen LogP contribution is 2.29. The topological polar surface area (TPSA) is 74.6 Å². The van der Waals surface area contributed by atoms with Crippen LogP contribution in [0.4, 0.5) is 0 Å². The molecule has 0 bridgehead atoms. The lowest BCUT2D eigenvalue weighted by Crippen LogP contribution is -2.23. The molecule has 7 nitrogen and oxygen atoms in total. The van der Waals surface area contributed by atoms with Crippen LogP contribution in [0.5, 0.6) is 17.2 Å². The number of para-hydroxylation sites is 1. The molecule has 3 aromatic rings. The minimum atomic E-state index is -0.137. The second-order valence-electron chi connectivity index (χ2n) is 6.90. The number of hydrogen-bond donors (Lipinski definition) is 1. The first kappa shape index (κ1) is 22.9. The van der Waals surface area contributed by atoms with Gasteiger partial charge in [-0.2, -0.15) is 5.10 Å². The Morgan fingerprint density at radius 2 is 1.88 bits per heavy atom. The van der Waals surface area contributed by atoms with Gasteiger partial charge in [-0.05, 0) is 55.3 Å². The van der Waals surface area contributed by atoms with E-state index < -0.39 is 0 Å². The number of rotatable bonds is 13. The van der Waals surface area contributed by atoms with E-state index in [9.17, 15) is 4.79 Å². The first-order valence-corrected chi connectivity index (χ1v) is 10.8. The van der Waals surface area contributed by atoms with E-state index in [1.54, 1.807) is 12.3 Å². The predicted octanol–water partition coefficient (Wildman–Crippen LogP) is 3.96. The summed E-state index contributed by atoms with van der Waals surface area (Å²) in [6.45, 7) is 4.61. The van der Waals surface area contributed by atoms with Crippen molar-refractivity contribution in [3.8, 4) is 17.2 Å². The normalized spacial score (nSPS) is 10.8. The summed E-state index contributed by atoms with van der Waals surface area (Å²) in [6.07, 6.45) is 7.74. The average molecular weight is 436 g/mol. The van der Waals surface area contributed by atoms with E-state index in [0.717, 1.165) is 24.3 Å². The summed E-state index contributed by atoms with van der Waals surface area (Å²) in [4.78, 5) is 12.1. The lowest BCUT2D eigenvalue weighted by molar-refractivity contribution is -0.116. The molecule has 1 heterocycles. The molecule has 168 valence electrons. The highest BCUT2D eigenvalue weighted by atomic mass is 16.5. The summed E-state index contributed by atoms with van der Waals surface area (Å²) < 4.78 is 19.0. The number of hydrogen-bond acceptors (Lipinski definition) is 5. The molecule has 2 aromatic carbocycles. The zero-order valence-electron chi connectivity index (χ0n) is 18.3. The van der Waals surface area contributed by atoms with Crippen LogP contribution in [0.2, 0.25) is 0 Å². The Labute approximate surface area is 188 Å². The molecule has 1 amide bonds. The fourth-order valence-corrected chi connectivity index (χ4v) is 2.96. The van der Waals surface area contributed by atoms with Crippen molar-refractivity contribution in [2.75, 3.05) is 26.4 Å². The lowest BCUT2D eigenvalue weighted by atomic mass is 10.2. The molecule has 0 unspecified atom stereocenters. The van der Waals surface area contributed by atoms with Crippen LogP contribution in [0.3, 0.4) is 0 Å². The lowest BCUT2D eigenvalue weighted by Gasteiger charge is -2.13. The Morgan fingerprint density at radius 1 is 1.03 bits per heavy atom. The summed E-state index contributed by atoms with van der Waals surface area (Å²) in [5.74, 6) is 1.95. The molecular weight excluding hydrogens is 406 g/mol. The second-order valence-corrected chi connectivity index (χ2v) is 6.90. The van der Waals surface area contributed by atoms with E-state index in [0.29, 0.717) is 37.9 Å². The van der Waals surface area contributed by atoms with Crippen molar-refractivity contribution >= 4 is 12.0 Å². The summed E-state index contributed by atoms with van der Waals surface area (Å²) in [7, 11) is 0. The number of amides is 1. The SMILES string of the molecule is CCOc1cc(C=CC(=O)NCCCn2cccn2)ccc1OCCOc1ccccc1. The number of nitrogens with zero attached hydrogens (tertiary/aromatic N) is 2. The minimum absolute atomic E-state index is 0.137. The van der Waals surface area contributed by atoms with Gasteiger partial charge in [-0.3, -0.25) is 9.48 Å². The molecule has 0 aliphatic carbocycles. The molecule has 3 rings (SSSR count). The van der Waals surface area contributed by atoms with Gasteiger partial charge in [0.1, 0.15) is 19.0 Å². The van der Waals surface area contributed by atoms with Crippen molar-refractivity contribution in [3.63, 3.8) is 0 Å². The van der Waals surface area contributed by atoms with E-state index in [1.807, 2.05) is 72.4 Å². The second kappa shape index (κ2) is 12.8. The first-order valence-electron chi connectivity index (χ1n) is 10.8. The minimum Gasteiger partial charge on any atom is -0.490 e. The van der Waals surface area contributed by atoms with Crippen LogP contribution in [0.25, 0.3) is 6.08 Å². The summed E-state index contributed by atoms with van der Waals surface area (Å²) in [5, 5.41) is 7.02. The zero-order valence-corrected chi connectivity index (χ0v) is 18.3. The van der Waals surface area contributed by atoms with Crippen molar-refractivity contribution in [1.29, 1.82) is 0 Å². The molecule has 0 saturated heterocycles. The number of ether oxygens (including phenoxy) is 3. The predicted molar refractivity (Wildman–Crippen MR) is 124 cm³/mol. The molecule has 1 N–H and O–H groups in total. The van der Waals surface area contributed by atoms with Gasteiger partial charge in [-0.1, -0.05) is 24.3 Å². The quantitative estimate of drug-likeness (QED) is 0.325. The smallest absolute Gasteiger partial charge is 0.244 e. The van der Waals surface area contributed by atoms with Gasteiger partial charge in [0.25, 0.3) is 0 Å². The van der Waals surface area contributed by atoms with Crippen LogP contribution in [0, 0.1) is 0 Å². The van der Waals surface area contributed by atoms with Gasteiger partial charge in [0.15, 0.2) is 11.5 Å². The third-order valence-electron chi connectivity index (χ3n) is 4.47. The van der Waals surface area contributed by atoms with Crippen molar-refractivity contribution in [3.05, 3.63) is 78.6 Å². The molecule has 7 heteroatoms. The van der Waals surface area contributed by atoms with Crippen molar-refractivity contribution in [2.24, 2.45) is 0 Å². The molecule has 0 atom stereocenters. The zero-order chi connectivity index (χ0) is 22.4. The maximum atomic E-state index is 12.1. The summed E-state index contributed by atoms with van der Waals surface area (Å²) in [5.41, 5.74) is 0.855. The number of benzene rings is 2. The van der Waals surface area contributed by atoms with Crippen LogP contribution < -0.4 is 19.5 Å². The molecule has 0 fully saturated rings. The molecule has 0 spiro atoms. The summed E-state index contributed by atoms with van der Waals surface area (Å²) in [6, 6.07) is 17.1. The van der Waals surface area contributed by atoms with E-state index in [1.165, 1.54) is 6.08 Å². The van der Waals surface area contributed by atoms with Crippen molar-refractivity contribution < 1.29 is 19.0 Å². The highest BCUT2D eigenvalue weighted by molar-refractivity contribution is 5.91. The monoisotopic (exact) mass is 435 g/mol. The highest BCUT2D eigenvalue weighted by Gasteiger charge is 2.06. The maximum absolute atomic E-state index is 12.1. The van der Waals surface area contributed by atoms with Gasteiger partial charge in [-0.25, -0.2) is 0 Å².